The lowest BCUT2D eigenvalue weighted by molar-refractivity contribution is 0.414. The van der Waals surface area contributed by atoms with Gasteiger partial charge in [0.05, 0.1) is 12.7 Å². The van der Waals surface area contributed by atoms with Crippen molar-refractivity contribution < 1.29 is 9.13 Å². The summed E-state index contributed by atoms with van der Waals surface area (Å²) in [7, 11) is 1.56. The highest BCUT2D eigenvalue weighted by atomic mass is 19.1. The van der Waals surface area contributed by atoms with Crippen molar-refractivity contribution in [2.45, 2.75) is 0 Å². The molecule has 0 saturated heterocycles. The van der Waals surface area contributed by atoms with Gasteiger partial charge in [-0.3, -0.25) is 0 Å². The molecule has 0 spiro atoms. The maximum absolute atomic E-state index is 13.1. The van der Waals surface area contributed by atoms with E-state index in [1.165, 1.54) is 12.1 Å². The summed E-state index contributed by atoms with van der Waals surface area (Å²) in [6.45, 7) is 0. The molecule has 0 aliphatic heterocycles. The fourth-order valence-electron chi connectivity index (χ4n) is 1.66. The first kappa shape index (κ1) is 11.2. The third-order valence-electron chi connectivity index (χ3n) is 2.51. The van der Waals surface area contributed by atoms with Crippen molar-refractivity contribution in [1.29, 1.82) is 0 Å². The quantitative estimate of drug-likeness (QED) is 0.712. The molecule has 2 aromatic rings. The Morgan fingerprint density at radius 3 is 2.53 bits per heavy atom. The minimum atomic E-state index is -0.262. The Kier molecular flexibility index (Phi) is 3.11. The van der Waals surface area contributed by atoms with Gasteiger partial charge in [0.2, 0.25) is 0 Å². The molecule has 0 bridgehead atoms. The van der Waals surface area contributed by atoms with E-state index in [-0.39, 0.29) is 5.82 Å². The highest BCUT2D eigenvalue weighted by Crippen LogP contribution is 2.27. The molecule has 0 N–H and O–H groups in total. The largest absolute Gasteiger partial charge is 0.495 e. The molecule has 2 aromatic carbocycles. The first-order valence-electron chi connectivity index (χ1n) is 5.15. The standard InChI is InChI=1S/C15H11FO/c1-3-11-7-8-13(10-15(11)17-2)12-5-4-6-14(16)9-12/h1,4-10H,2H3. The number of benzene rings is 2. The second kappa shape index (κ2) is 4.71. The summed E-state index contributed by atoms with van der Waals surface area (Å²) in [5.41, 5.74) is 2.36. The number of methoxy groups -OCH3 is 1. The molecule has 0 unspecified atom stereocenters. The van der Waals surface area contributed by atoms with Crippen LogP contribution < -0.4 is 4.74 Å². The topological polar surface area (TPSA) is 9.23 Å². The number of halogens is 1. The molecule has 0 atom stereocenters. The molecule has 0 saturated carbocycles. The molecular formula is C15H11FO. The molecule has 0 aromatic heterocycles. The molecule has 0 fully saturated rings. The van der Waals surface area contributed by atoms with Crippen molar-refractivity contribution in [3.8, 4) is 29.2 Å². The highest BCUT2D eigenvalue weighted by Gasteiger charge is 2.04. The highest BCUT2D eigenvalue weighted by molar-refractivity contribution is 5.67. The fourth-order valence-corrected chi connectivity index (χ4v) is 1.66. The van der Waals surface area contributed by atoms with Crippen molar-refractivity contribution in [3.05, 3.63) is 53.8 Å². The van der Waals surface area contributed by atoms with E-state index in [0.29, 0.717) is 11.3 Å². The second-order valence-corrected chi connectivity index (χ2v) is 3.57. The second-order valence-electron chi connectivity index (χ2n) is 3.57. The van der Waals surface area contributed by atoms with Crippen LogP contribution in [0.4, 0.5) is 4.39 Å². The van der Waals surface area contributed by atoms with Crippen molar-refractivity contribution in [2.24, 2.45) is 0 Å². The van der Waals surface area contributed by atoms with E-state index in [4.69, 9.17) is 11.2 Å². The molecule has 0 heterocycles. The van der Waals surface area contributed by atoms with E-state index >= 15 is 0 Å². The fraction of sp³-hybridized carbons (Fsp3) is 0.0667. The van der Waals surface area contributed by atoms with E-state index in [1.54, 1.807) is 19.2 Å². The van der Waals surface area contributed by atoms with Gasteiger partial charge in [0, 0.05) is 0 Å². The van der Waals surface area contributed by atoms with E-state index < -0.39 is 0 Å². The van der Waals surface area contributed by atoms with Gasteiger partial charge in [-0.15, -0.1) is 6.42 Å². The van der Waals surface area contributed by atoms with Crippen LogP contribution >= 0.6 is 0 Å². The van der Waals surface area contributed by atoms with Crippen LogP contribution in [0.2, 0.25) is 0 Å². The van der Waals surface area contributed by atoms with E-state index in [2.05, 4.69) is 5.92 Å². The number of terminal acetylenes is 1. The lowest BCUT2D eigenvalue weighted by Gasteiger charge is -2.07. The molecule has 0 aliphatic rings. The number of ether oxygens (including phenoxy) is 1. The minimum absolute atomic E-state index is 0.262. The van der Waals surface area contributed by atoms with Crippen LogP contribution in [0.25, 0.3) is 11.1 Å². The summed E-state index contributed by atoms with van der Waals surface area (Å²) in [5.74, 6) is 2.90. The van der Waals surface area contributed by atoms with Crippen molar-refractivity contribution in [3.63, 3.8) is 0 Å². The van der Waals surface area contributed by atoms with E-state index in [1.807, 2.05) is 18.2 Å². The van der Waals surface area contributed by atoms with Gasteiger partial charge in [-0.1, -0.05) is 24.1 Å². The van der Waals surface area contributed by atoms with E-state index in [9.17, 15) is 4.39 Å². The molecule has 84 valence electrons. The molecule has 17 heavy (non-hydrogen) atoms. The van der Waals surface area contributed by atoms with Gasteiger partial charge in [0.15, 0.2) is 0 Å². The summed E-state index contributed by atoms with van der Waals surface area (Å²) in [4.78, 5) is 0. The van der Waals surface area contributed by atoms with Gasteiger partial charge < -0.3 is 4.74 Å². The van der Waals surface area contributed by atoms with Crippen molar-refractivity contribution >= 4 is 0 Å². The molecule has 0 radical (unpaired) electrons. The summed E-state index contributed by atoms with van der Waals surface area (Å²) < 4.78 is 18.3. The summed E-state index contributed by atoms with van der Waals surface area (Å²) in [6.07, 6.45) is 5.35. The lowest BCUT2D eigenvalue weighted by atomic mass is 10.0. The molecule has 0 aliphatic carbocycles. The van der Waals surface area contributed by atoms with Crippen LogP contribution in [-0.2, 0) is 0 Å². The van der Waals surface area contributed by atoms with Gasteiger partial charge in [0.1, 0.15) is 11.6 Å². The Hall–Kier alpha value is -2.27. The van der Waals surface area contributed by atoms with Gasteiger partial charge >= 0.3 is 0 Å². The molecule has 2 rings (SSSR count). The summed E-state index contributed by atoms with van der Waals surface area (Å²) >= 11 is 0. The van der Waals surface area contributed by atoms with Crippen LogP contribution in [-0.4, -0.2) is 7.11 Å². The molecule has 1 nitrogen and oxygen atoms in total. The predicted molar refractivity (Wildman–Crippen MR) is 66.3 cm³/mol. The first-order chi connectivity index (χ1) is 8.24. The third-order valence-corrected chi connectivity index (χ3v) is 2.51. The lowest BCUT2D eigenvalue weighted by Crippen LogP contribution is -1.89. The van der Waals surface area contributed by atoms with Gasteiger partial charge in [-0.05, 0) is 35.4 Å². The third kappa shape index (κ3) is 2.29. The average molecular weight is 226 g/mol. The smallest absolute Gasteiger partial charge is 0.135 e. The Bertz CT molecular complexity index is 582. The van der Waals surface area contributed by atoms with Crippen LogP contribution in [0.3, 0.4) is 0 Å². The summed E-state index contributed by atoms with van der Waals surface area (Å²) in [5, 5.41) is 0. The van der Waals surface area contributed by atoms with Crippen LogP contribution in [0, 0.1) is 18.2 Å². The van der Waals surface area contributed by atoms with Gasteiger partial charge in [-0.25, -0.2) is 4.39 Å². The van der Waals surface area contributed by atoms with Crippen LogP contribution in [0.15, 0.2) is 42.5 Å². The SMILES string of the molecule is C#Cc1ccc(-c2cccc(F)c2)cc1OC. The Morgan fingerprint density at radius 2 is 1.88 bits per heavy atom. The van der Waals surface area contributed by atoms with Crippen LogP contribution in [0.1, 0.15) is 5.56 Å². The monoisotopic (exact) mass is 226 g/mol. The zero-order valence-electron chi connectivity index (χ0n) is 9.41. The predicted octanol–water partition coefficient (Wildman–Crippen LogP) is 3.48. The molecular weight excluding hydrogens is 215 g/mol. The Labute approximate surface area is 99.9 Å². The zero-order valence-corrected chi connectivity index (χ0v) is 9.41. The maximum atomic E-state index is 13.1. The number of hydrogen-bond acceptors (Lipinski definition) is 1. The van der Waals surface area contributed by atoms with E-state index in [0.717, 1.165) is 11.1 Å². The number of hydrogen-bond donors (Lipinski definition) is 0. The maximum Gasteiger partial charge on any atom is 0.135 e. The molecule has 2 heteroatoms. The first-order valence-corrected chi connectivity index (χ1v) is 5.15. The zero-order chi connectivity index (χ0) is 12.3. The minimum Gasteiger partial charge on any atom is -0.495 e. The summed E-state index contributed by atoms with van der Waals surface area (Å²) in [6, 6.07) is 11.9. The average Bonchev–Trinajstić information content (AvgIpc) is 2.38. The van der Waals surface area contributed by atoms with Gasteiger partial charge in [-0.2, -0.15) is 0 Å². The normalized spacial score (nSPS) is 9.71. The Morgan fingerprint density at radius 1 is 1.12 bits per heavy atom. The van der Waals surface area contributed by atoms with Gasteiger partial charge in [0.25, 0.3) is 0 Å². The Balaban J connectivity index is 2.51. The molecule has 0 amide bonds. The van der Waals surface area contributed by atoms with Crippen molar-refractivity contribution in [2.75, 3.05) is 7.11 Å². The number of rotatable bonds is 2. The van der Waals surface area contributed by atoms with Crippen molar-refractivity contribution in [1.82, 2.24) is 0 Å². The van der Waals surface area contributed by atoms with Crippen LogP contribution in [0.5, 0.6) is 5.75 Å².